The van der Waals surface area contributed by atoms with Crippen LogP contribution in [0.2, 0.25) is 0 Å². The molecule has 1 aliphatic heterocycles. The van der Waals surface area contributed by atoms with Gasteiger partial charge in [0.05, 0.1) is 6.10 Å². The minimum Gasteiger partial charge on any atom is -0.392 e. The Kier molecular flexibility index (Phi) is 1.81. The van der Waals surface area contributed by atoms with Gasteiger partial charge in [-0.05, 0) is 6.42 Å². The second-order valence-corrected chi connectivity index (χ2v) is 2.14. The van der Waals surface area contributed by atoms with Gasteiger partial charge in [-0.3, -0.25) is 4.90 Å². The summed E-state index contributed by atoms with van der Waals surface area (Å²) in [5, 5.41) is 8.82. The van der Waals surface area contributed by atoms with Gasteiger partial charge in [0.15, 0.2) is 0 Å². The van der Waals surface area contributed by atoms with Crippen LogP contribution in [0.15, 0.2) is 0 Å². The van der Waals surface area contributed by atoms with Gasteiger partial charge in [-0.1, -0.05) is 0 Å². The van der Waals surface area contributed by atoms with Gasteiger partial charge in [0, 0.05) is 13.1 Å². The molecule has 1 saturated heterocycles. The molecule has 0 aliphatic carbocycles. The quantitative estimate of drug-likeness (QED) is 0.490. The standard InChI is InChI=1S/C5H10FNO/c6-4-7-2-1-5(8)3-7/h5,8H,1-4H2/t5-/m0/s1. The summed E-state index contributed by atoms with van der Waals surface area (Å²) in [6, 6.07) is 0. The Balaban J connectivity index is 2.22. The molecule has 0 spiro atoms. The molecule has 0 unspecified atom stereocenters. The zero-order valence-corrected chi connectivity index (χ0v) is 4.68. The highest BCUT2D eigenvalue weighted by atomic mass is 19.1. The lowest BCUT2D eigenvalue weighted by Crippen LogP contribution is -2.20. The third kappa shape index (κ3) is 1.17. The first-order valence-electron chi connectivity index (χ1n) is 2.79. The number of likely N-dealkylation sites (tertiary alicyclic amines) is 1. The first-order chi connectivity index (χ1) is 3.83. The lowest BCUT2D eigenvalue weighted by atomic mass is 10.3. The summed E-state index contributed by atoms with van der Waals surface area (Å²) in [5.74, 6) is 0. The molecule has 0 radical (unpaired) electrons. The molecule has 0 bridgehead atoms. The van der Waals surface area contributed by atoms with Crippen molar-refractivity contribution in [3.63, 3.8) is 0 Å². The fourth-order valence-electron chi connectivity index (χ4n) is 0.921. The summed E-state index contributed by atoms with van der Waals surface area (Å²) in [6.45, 7) is 0.797. The Bertz CT molecular complexity index is 78.8. The number of aliphatic hydroxyl groups excluding tert-OH is 1. The number of nitrogens with zero attached hydrogens (tertiary/aromatic N) is 1. The fraction of sp³-hybridized carbons (Fsp3) is 1.00. The zero-order valence-electron chi connectivity index (χ0n) is 4.68. The van der Waals surface area contributed by atoms with Crippen LogP contribution in [-0.4, -0.2) is 36.0 Å². The summed E-state index contributed by atoms with van der Waals surface area (Å²) < 4.78 is 11.7. The molecule has 2 nitrogen and oxygen atoms in total. The Morgan fingerprint density at radius 1 is 1.75 bits per heavy atom. The number of hydrogen-bond donors (Lipinski definition) is 1. The van der Waals surface area contributed by atoms with Crippen LogP contribution in [0, 0.1) is 0 Å². The average molecular weight is 119 g/mol. The smallest absolute Gasteiger partial charge is 0.143 e. The molecule has 0 amide bonds. The molecule has 0 aromatic carbocycles. The van der Waals surface area contributed by atoms with Crippen molar-refractivity contribution in [2.24, 2.45) is 0 Å². The van der Waals surface area contributed by atoms with Crippen LogP contribution in [0.3, 0.4) is 0 Å². The molecule has 48 valence electrons. The lowest BCUT2D eigenvalue weighted by Gasteiger charge is -2.06. The molecule has 1 aliphatic rings. The molecule has 1 fully saturated rings. The van der Waals surface area contributed by atoms with Gasteiger partial charge in [-0.15, -0.1) is 0 Å². The third-order valence-electron chi connectivity index (χ3n) is 1.42. The molecule has 8 heavy (non-hydrogen) atoms. The fourth-order valence-corrected chi connectivity index (χ4v) is 0.921. The second kappa shape index (κ2) is 2.42. The van der Waals surface area contributed by atoms with Gasteiger partial charge in [0.25, 0.3) is 0 Å². The molecule has 0 saturated carbocycles. The molecule has 0 aromatic rings. The van der Waals surface area contributed by atoms with Crippen LogP contribution in [-0.2, 0) is 0 Å². The van der Waals surface area contributed by atoms with Crippen molar-refractivity contribution in [1.82, 2.24) is 4.90 Å². The molecule has 0 aromatic heterocycles. The van der Waals surface area contributed by atoms with E-state index >= 15 is 0 Å². The van der Waals surface area contributed by atoms with E-state index < -0.39 is 6.80 Å². The van der Waals surface area contributed by atoms with Crippen molar-refractivity contribution < 1.29 is 9.50 Å². The van der Waals surface area contributed by atoms with E-state index in [0.717, 1.165) is 6.42 Å². The SMILES string of the molecule is O[C@H]1CCN(CF)C1. The van der Waals surface area contributed by atoms with Crippen molar-refractivity contribution in [3.8, 4) is 0 Å². The van der Waals surface area contributed by atoms with Crippen molar-refractivity contribution >= 4 is 0 Å². The normalized spacial score (nSPS) is 31.5. The Morgan fingerprint density at radius 3 is 2.75 bits per heavy atom. The van der Waals surface area contributed by atoms with Gasteiger partial charge >= 0.3 is 0 Å². The van der Waals surface area contributed by atoms with Crippen molar-refractivity contribution in [3.05, 3.63) is 0 Å². The predicted molar refractivity (Wildman–Crippen MR) is 28.2 cm³/mol. The minimum absolute atomic E-state index is 0.286. The second-order valence-electron chi connectivity index (χ2n) is 2.14. The largest absolute Gasteiger partial charge is 0.392 e. The first-order valence-corrected chi connectivity index (χ1v) is 2.79. The molecule has 1 rings (SSSR count). The van der Waals surface area contributed by atoms with E-state index in [1.54, 1.807) is 4.90 Å². The van der Waals surface area contributed by atoms with E-state index in [4.69, 9.17) is 5.11 Å². The number of aliphatic hydroxyl groups is 1. The van der Waals surface area contributed by atoms with E-state index in [1.807, 2.05) is 0 Å². The van der Waals surface area contributed by atoms with Gasteiger partial charge in [-0.2, -0.15) is 0 Å². The van der Waals surface area contributed by atoms with Crippen LogP contribution >= 0.6 is 0 Å². The molecule has 1 heterocycles. The highest BCUT2D eigenvalue weighted by Gasteiger charge is 2.18. The van der Waals surface area contributed by atoms with Gasteiger partial charge in [-0.25, -0.2) is 4.39 Å². The van der Waals surface area contributed by atoms with Crippen molar-refractivity contribution in [2.45, 2.75) is 12.5 Å². The van der Waals surface area contributed by atoms with E-state index in [9.17, 15) is 4.39 Å². The summed E-state index contributed by atoms with van der Waals surface area (Å²) >= 11 is 0. The van der Waals surface area contributed by atoms with Gasteiger partial charge in [0.2, 0.25) is 0 Å². The van der Waals surface area contributed by atoms with E-state index in [2.05, 4.69) is 0 Å². The Labute approximate surface area is 47.9 Å². The maximum Gasteiger partial charge on any atom is 0.143 e. The third-order valence-corrected chi connectivity index (χ3v) is 1.42. The topological polar surface area (TPSA) is 23.5 Å². The van der Waals surface area contributed by atoms with E-state index in [-0.39, 0.29) is 6.10 Å². The molecular weight excluding hydrogens is 109 g/mol. The maximum absolute atomic E-state index is 11.7. The van der Waals surface area contributed by atoms with Gasteiger partial charge < -0.3 is 5.11 Å². The molecule has 1 atom stereocenters. The average Bonchev–Trinajstić information content (AvgIpc) is 2.14. The number of hydrogen-bond acceptors (Lipinski definition) is 2. The predicted octanol–water partition coefficient (Wildman–Crippen LogP) is -0.0200. The van der Waals surface area contributed by atoms with E-state index in [0.29, 0.717) is 13.1 Å². The van der Waals surface area contributed by atoms with Crippen molar-refractivity contribution in [2.75, 3.05) is 19.9 Å². The minimum atomic E-state index is -0.420. The summed E-state index contributed by atoms with van der Waals surface area (Å²) in [6.07, 6.45) is 0.440. The van der Waals surface area contributed by atoms with Crippen LogP contribution in [0.1, 0.15) is 6.42 Å². The maximum atomic E-state index is 11.7. The molecular formula is C5H10FNO. The Morgan fingerprint density at radius 2 is 2.50 bits per heavy atom. The zero-order chi connectivity index (χ0) is 5.98. The van der Waals surface area contributed by atoms with Gasteiger partial charge in [0.1, 0.15) is 6.80 Å². The number of β-amino-alcohol motifs (C(OH)–C–C–N with tert-alkyl or cyclic N) is 1. The van der Waals surface area contributed by atoms with E-state index in [1.165, 1.54) is 0 Å². The highest BCUT2D eigenvalue weighted by molar-refractivity contribution is 4.71. The van der Waals surface area contributed by atoms with Crippen LogP contribution in [0.4, 0.5) is 4.39 Å². The van der Waals surface area contributed by atoms with Crippen LogP contribution in [0.25, 0.3) is 0 Å². The van der Waals surface area contributed by atoms with Crippen molar-refractivity contribution in [1.29, 1.82) is 0 Å². The number of halogens is 1. The monoisotopic (exact) mass is 119 g/mol. The van der Waals surface area contributed by atoms with Crippen LogP contribution in [0.5, 0.6) is 0 Å². The summed E-state index contributed by atoms with van der Waals surface area (Å²) in [7, 11) is 0. The summed E-state index contributed by atoms with van der Waals surface area (Å²) in [5.41, 5.74) is 0. The lowest BCUT2D eigenvalue weighted by molar-refractivity contribution is 0.156. The first kappa shape index (κ1) is 5.98. The highest BCUT2D eigenvalue weighted by Crippen LogP contribution is 2.07. The van der Waals surface area contributed by atoms with Crippen LogP contribution < -0.4 is 0 Å². The Hall–Kier alpha value is -0.150. The number of rotatable bonds is 1. The molecule has 3 heteroatoms. The molecule has 1 N–H and O–H groups in total. The summed E-state index contributed by atoms with van der Waals surface area (Å²) in [4.78, 5) is 1.59. The number of alkyl halides is 1.